The van der Waals surface area contributed by atoms with Crippen molar-refractivity contribution in [2.45, 2.75) is 19.7 Å². The van der Waals surface area contributed by atoms with Gasteiger partial charge in [0.15, 0.2) is 11.5 Å². The molecule has 1 amide bonds. The normalized spacial score (nSPS) is 11.3. The number of hydrogen-bond donors (Lipinski definition) is 1. The topological polar surface area (TPSA) is 91.5 Å². The van der Waals surface area contributed by atoms with Crippen LogP contribution in [-0.2, 0) is 11.4 Å². The lowest BCUT2D eigenvalue weighted by atomic mass is 10.1. The molecule has 0 aliphatic heterocycles. The van der Waals surface area contributed by atoms with Crippen molar-refractivity contribution >= 4 is 22.8 Å². The van der Waals surface area contributed by atoms with E-state index >= 15 is 0 Å². The zero-order chi connectivity index (χ0) is 21.2. The van der Waals surface area contributed by atoms with Gasteiger partial charge in [0.1, 0.15) is 6.61 Å². The number of rotatable bonds is 5. The molecule has 1 aromatic heterocycles. The minimum absolute atomic E-state index is 0.120. The molecule has 0 aliphatic carbocycles. The maximum Gasteiger partial charge on any atom is 0.491 e. The minimum Gasteiger partial charge on any atom is -0.484 e. The van der Waals surface area contributed by atoms with Crippen LogP contribution < -0.4 is 15.2 Å². The van der Waals surface area contributed by atoms with Crippen molar-refractivity contribution in [1.29, 1.82) is 0 Å². The number of fused-ring (bicyclic) bond motifs is 1. The summed E-state index contributed by atoms with van der Waals surface area (Å²) in [5, 5.41) is 0.767. The van der Waals surface area contributed by atoms with Crippen molar-refractivity contribution in [3.63, 3.8) is 0 Å². The van der Waals surface area contributed by atoms with E-state index in [-0.39, 0.29) is 17.9 Å². The first-order valence-corrected chi connectivity index (χ1v) is 8.36. The molecule has 3 aromatic rings. The molecule has 2 N–H and O–H groups in total. The Kier molecular flexibility index (Phi) is 5.40. The molecule has 3 rings (SSSR count). The van der Waals surface area contributed by atoms with Gasteiger partial charge in [0, 0.05) is 16.6 Å². The fourth-order valence-electron chi connectivity index (χ4n) is 2.76. The van der Waals surface area contributed by atoms with Gasteiger partial charge in [-0.05, 0) is 31.2 Å². The highest BCUT2D eigenvalue weighted by atomic mass is 19.4. The number of ether oxygens (including phenoxy) is 2. The third kappa shape index (κ3) is 4.45. The van der Waals surface area contributed by atoms with Crippen LogP contribution in [0.15, 0.2) is 48.5 Å². The van der Waals surface area contributed by atoms with Crippen LogP contribution >= 0.6 is 0 Å². The number of carbonyl (C=O) groups is 2. The van der Waals surface area contributed by atoms with E-state index in [0.717, 1.165) is 11.5 Å². The summed E-state index contributed by atoms with van der Waals surface area (Å²) in [7, 11) is 0. The molecule has 29 heavy (non-hydrogen) atoms. The van der Waals surface area contributed by atoms with Gasteiger partial charge in [-0.3, -0.25) is 9.78 Å². The lowest BCUT2D eigenvalue weighted by Crippen LogP contribution is -2.28. The number of para-hydroxylation sites is 2. The van der Waals surface area contributed by atoms with Crippen LogP contribution in [-0.4, -0.2) is 23.0 Å². The van der Waals surface area contributed by atoms with Crippen molar-refractivity contribution < 1.29 is 32.2 Å². The molecule has 150 valence electrons. The highest BCUT2D eigenvalue weighted by Crippen LogP contribution is 2.34. The van der Waals surface area contributed by atoms with Gasteiger partial charge in [0.25, 0.3) is 5.91 Å². The fourth-order valence-corrected chi connectivity index (χ4v) is 2.76. The highest BCUT2D eigenvalue weighted by molar-refractivity contribution is 5.97. The molecule has 0 bridgehead atoms. The second-order valence-electron chi connectivity index (χ2n) is 6.11. The molecular formula is C20H15F3N2O4. The maximum atomic E-state index is 12.6. The van der Waals surface area contributed by atoms with Gasteiger partial charge in [0.2, 0.25) is 0 Å². The van der Waals surface area contributed by atoms with Crippen LogP contribution in [0.1, 0.15) is 21.6 Å². The Balaban J connectivity index is 1.98. The Morgan fingerprint density at radius 3 is 2.52 bits per heavy atom. The largest absolute Gasteiger partial charge is 0.491 e. The number of nitrogens with two attached hydrogens (primary N) is 1. The van der Waals surface area contributed by atoms with Crippen molar-refractivity contribution in [2.75, 3.05) is 0 Å². The second-order valence-corrected chi connectivity index (χ2v) is 6.11. The molecule has 1 heterocycles. The average Bonchev–Trinajstić information content (AvgIpc) is 2.65. The average molecular weight is 404 g/mol. The van der Waals surface area contributed by atoms with Gasteiger partial charge >= 0.3 is 12.1 Å². The van der Waals surface area contributed by atoms with E-state index in [4.69, 9.17) is 10.5 Å². The number of carbonyl (C=O) groups excluding carboxylic acids is 2. The van der Waals surface area contributed by atoms with Crippen LogP contribution in [0, 0.1) is 6.92 Å². The summed E-state index contributed by atoms with van der Waals surface area (Å²) < 4.78 is 47.8. The molecule has 0 saturated heterocycles. The number of aryl methyl sites for hydroxylation is 1. The molecule has 0 atom stereocenters. The molecule has 0 saturated carbocycles. The van der Waals surface area contributed by atoms with E-state index in [1.807, 2.05) is 12.1 Å². The second kappa shape index (κ2) is 7.78. The first kappa shape index (κ1) is 20.1. The van der Waals surface area contributed by atoms with E-state index in [1.165, 1.54) is 12.1 Å². The summed E-state index contributed by atoms with van der Waals surface area (Å²) in [6.45, 7) is 1.66. The smallest absolute Gasteiger partial charge is 0.484 e. The Morgan fingerprint density at radius 1 is 1.10 bits per heavy atom. The number of primary amides is 1. The Bertz CT molecular complexity index is 1100. The van der Waals surface area contributed by atoms with Crippen molar-refractivity contribution in [1.82, 2.24) is 4.98 Å². The van der Waals surface area contributed by atoms with Gasteiger partial charge < -0.3 is 15.2 Å². The number of amides is 1. The number of esters is 1. The Labute approximate surface area is 163 Å². The number of halogens is 3. The van der Waals surface area contributed by atoms with E-state index in [1.54, 1.807) is 25.1 Å². The van der Waals surface area contributed by atoms with Crippen molar-refractivity contribution in [2.24, 2.45) is 5.73 Å². The highest BCUT2D eigenvalue weighted by Gasteiger charge is 2.42. The number of alkyl halides is 3. The van der Waals surface area contributed by atoms with E-state index in [9.17, 15) is 22.8 Å². The monoisotopic (exact) mass is 404 g/mol. The molecule has 0 unspecified atom stereocenters. The first-order valence-electron chi connectivity index (χ1n) is 8.36. The van der Waals surface area contributed by atoms with Gasteiger partial charge in [-0.2, -0.15) is 13.2 Å². The molecule has 0 radical (unpaired) electrons. The lowest BCUT2D eigenvalue weighted by Gasteiger charge is -2.16. The van der Waals surface area contributed by atoms with Crippen LogP contribution in [0.3, 0.4) is 0 Å². The summed E-state index contributed by atoms with van der Waals surface area (Å²) in [5.74, 6) is -4.29. The maximum absolute atomic E-state index is 12.6. The molecule has 2 aromatic carbocycles. The van der Waals surface area contributed by atoms with Gasteiger partial charge in [-0.1, -0.05) is 24.3 Å². The zero-order valence-corrected chi connectivity index (χ0v) is 15.1. The fraction of sp³-hybridized carbons (Fsp3) is 0.150. The molecule has 9 heteroatoms. The molecule has 0 aliphatic rings. The number of benzene rings is 2. The van der Waals surface area contributed by atoms with Gasteiger partial charge in [-0.25, -0.2) is 4.79 Å². The van der Waals surface area contributed by atoms with Crippen LogP contribution in [0.25, 0.3) is 10.9 Å². The third-order valence-electron chi connectivity index (χ3n) is 3.98. The van der Waals surface area contributed by atoms with Gasteiger partial charge in [-0.15, -0.1) is 0 Å². The summed E-state index contributed by atoms with van der Waals surface area (Å²) >= 11 is 0. The van der Waals surface area contributed by atoms with Crippen LogP contribution in [0.2, 0.25) is 0 Å². The van der Waals surface area contributed by atoms with Crippen LogP contribution in [0.5, 0.6) is 11.5 Å². The minimum atomic E-state index is -5.21. The van der Waals surface area contributed by atoms with E-state index in [0.29, 0.717) is 16.8 Å². The van der Waals surface area contributed by atoms with Crippen LogP contribution in [0.4, 0.5) is 13.2 Å². The quantitative estimate of drug-likeness (QED) is 0.517. The Morgan fingerprint density at radius 2 is 1.83 bits per heavy atom. The predicted molar refractivity (Wildman–Crippen MR) is 97.5 cm³/mol. The first-order chi connectivity index (χ1) is 13.7. The van der Waals surface area contributed by atoms with E-state index < -0.39 is 23.8 Å². The Hall–Kier alpha value is -3.62. The lowest BCUT2D eigenvalue weighted by molar-refractivity contribution is -0.189. The molecule has 6 nitrogen and oxygen atoms in total. The number of pyridine rings is 1. The number of aromatic nitrogens is 1. The SMILES string of the molecule is Cc1cc(COc2c(OC(=O)C(F)(F)F)cccc2C(N)=O)c2ccccc2n1. The summed E-state index contributed by atoms with van der Waals surface area (Å²) in [4.78, 5) is 27.3. The third-order valence-corrected chi connectivity index (χ3v) is 3.98. The zero-order valence-electron chi connectivity index (χ0n) is 15.1. The molecule has 0 fully saturated rings. The van der Waals surface area contributed by atoms with Gasteiger partial charge in [0.05, 0.1) is 11.1 Å². The number of hydrogen-bond acceptors (Lipinski definition) is 5. The van der Waals surface area contributed by atoms with E-state index in [2.05, 4.69) is 9.72 Å². The number of nitrogens with zero attached hydrogens (tertiary/aromatic N) is 1. The molecule has 0 spiro atoms. The summed E-state index contributed by atoms with van der Waals surface area (Å²) in [6, 6.07) is 12.6. The molecular weight excluding hydrogens is 389 g/mol. The summed E-state index contributed by atoms with van der Waals surface area (Å²) in [6.07, 6.45) is -5.21. The van der Waals surface area contributed by atoms with Crippen molar-refractivity contribution in [3.05, 3.63) is 65.4 Å². The summed E-state index contributed by atoms with van der Waals surface area (Å²) in [5.41, 5.74) is 7.17. The predicted octanol–water partition coefficient (Wildman–Crippen LogP) is 3.69. The van der Waals surface area contributed by atoms with Crippen molar-refractivity contribution in [3.8, 4) is 11.5 Å². The standard InChI is InChI=1S/C20H15F3N2O4/c1-11-9-12(13-5-2-3-7-15(13)25-11)10-28-17-14(18(24)26)6-4-8-16(17)29-19(27)20(21,22)23/h2-9H,10H2,1H3,(H2,24,26).